The highest BCUT2D eigenvalue weighted by Crippen LogP contribution is 2.32. The van der Waals surface area contributed by atoms with Crippen molar-refractivity contribution in [2.45, 2.75) is 0 Å². The van der Waals surface area contributed by atoms with Crippen LogP contribution < -0.4 is 15.9 Å². The Labute approximate surface area is 196 Å². The highest BCUT2D eigenvalue weighted by atomic mass is 31.2. The van der Waals surface area contributed by atoms with Gasteiger partial charge >= 0.3 is 23.5 Å². The average molecular weight is 556 g/mol. The van der Waals surface area contributed by atoms with Gasteiger partial charge in [-0.25, -0.2) is 13.7 Å². The second-order valence-corrected chi connectivity index (χ2v) is 11.2. The Morgan fingerprint density at radius 3 is 0.676 bits per heavy atom. The summed E-state index contributed by atoms with van der Waals surface area (Å²) in [4.78, 5) is 64.7. The lowest BCUT2D eigenvalue weighted by molar-refractivity contribution is 0.272. The molecule has 0 aromatic heterocycles. The quantitative estimate of drug-likeness (QED) is 0.203. The molecule has 0 aliphatic rings. The van der Waals surface area contributed by atoms with Crippen LogP contribution in [0.3, 0.4) is 0 Å². The number of hydrogen-bond acceptors (Lipinski definition) is 3. The molecule has 34 heavy (non-hydrogen) atoms. The number of hydrogen-bond donors (Lipinski definition) is 9. The van der Waals surface area contributed by atoms with E-state index in [1.807, 2.05) is 0 Å². The maximum Gasteiger partial charge on any atom is 0.466 e. The summed E-state index contributed by atoms with van der Waals surface area (Å²) in [6.45, 7) is 0. The minimum absolute atomic E-state index is 0.446. The molecular weight excluding hydrogens is 532 g/mol. The molecular formula is C18H24O12P4. The summed E-state index contributed by atoms with van der Waals surface area (Å²) in [6, 6.07) is 32.3. The van der Waals surface area contributed by atoms with Crippen molar-refractivity contribution in [1.29, 1.82) is 0 Å². The summed E-state index contributed by atoms with van der Waals surface area (Å²) in [5, 5.41) is 4.19. The summed E-state index contributed by atoms with van der Waals surface area (Å²) >= 11 is 0. The molecule has 0 bridgehead atoms. The van der Waals surface area contributed by atoms with E-state index in [9.17, 15) is 0 Å². The van der Waals surface area contributed by atoms with Crippen molar-refractivity contribution in [1.82, 2.24) is 0 Å². The normalized spacial score (nSPS) is 11.1. The molecule has 0 aliphatic heterocycles. The lowest BCUT2D eigenvalue weighted by atomic mass is 10.4. The molecule has 12 nitrogen and oxygen atoms in total. The van der Waals surface area contributed by atoms with Gasteiger partial charge in [-0.05, 0) is 23.8 Å². The van der Waals surface area contributed by atoms with Gasteiger partial charge in [0.15, 0.2) is 0 Å². The Kier molecular flexibility index (Phi) is 14.7. The minimum atomic E-state index is -4.64. The van der Waals surface area contributed by atoms with E-state index in [2.05, 4.69) is 91.0 Å². The highest BCUT2D eigenvalue weighted by Gasteiger charge is 2.15. The summed E-state index contributed by atoms with van der Waals surface area (Å²) in [5.41, 5.74) is 0. The minimum Gasteiger partial charge on any atom is -0.303 e. The van der Waals surface area contributed by atoms with Gasteiger partial charge < -0.3 is 44.0 Å². The Morgan fingerprint density at radius 1 is 0.382 bits per heavy atom. The monoisotopic (exact) mass is 556 g/mol. The standard InChI is InChI=1S/C18H15P.3H3O4P/c1-4-10-16(11-5-1)19(17-12-6-2-7-13-17)18-14-8-3-9-15-18;3*1-5(2,3)4/h1-15H;3*(H3,1,2,3,4). The van der Waals surface area contributed by atoms with Crippen LogP contribution in [0, 0.1) is 0 Å². The van der Waals surface area contributed by atoms with Crippen LogP contribution >= 0.6 is 31.4 Å². The SMILES string of the molecule is O=P(O)(O)O.O=P(O)(O)O.O=P(O)(O)O.c1ccc(P(c2ccccc2)c2ccccc2)cc1. The van der Waals surface area contributed by atoms with Gasteiger partial charge in [0.25, 0.3) is 0 Å². The lowest BCUT2D eigenvalue weighted by Gasteiger charge is -2.18. The smallest absolute Gasteiger partial charge is 0.303 e. The molecule has 16 heteroatoms. The number of phosphoric acid groups is 3. The molecule has 0 spiro atoms. The predicted molar refractivity (Wildman–Crippen MR) is 128 cm³/mol. The van der Waals surface area contributed by atoms with Crippen LogP contribution in [0.1, 0.15) is 0 Å². The first kappa shape index (κ1) is 32.4. The fraction of sp³-hybridized carbons (Fsp3) is 0. The van der Waals surface area contributed by atoms with E-state index >= 15 is 0 Å². The van der Waals surface area contributed by atoms with E-state index in [0.717, 1.165) is 0 Å². The first-order valence-corrected chi connectivity index (χ1v) is 14.8. The van der Waals surface area contributed by atoms with Crippen molar-refractivity contribution in [2.75, 3.05) is 0 Å². The first-order chi connectivity index (χ1) is 15.4. The Hall–Kier alpha value is -1.58. The van der Waals surface area contributed by atoms with Crippen LogP contribution in [0.25, 0.3) is 0 Å². The van der Waals surface area contributed by atoms with Crippen LogP contribution in [0.2, 0.25) is 0 Å². The maximum absolute atomic E-state index is 8.88. The Balaban J connectivity index is 0.000000599. The Morgan fingerprint density at radius 2 is 0.529 bits per heavy atom. The van der Waals surface area contributed by atoms with Crippen molar-refractivity contribution in [3.05, 3.63) is 91.0 Å². The third-order valence-corrected chi connectivity index (χ3v) is 5.49. The van der Waals surface area contributed by atoms with Crippen LogP contribution in [-0.2, 0) is 13.7 Å². The second-order valence-electron chi connectivity index (χ2n) is 5.88. The third-order valence-electron chi connectivity index (χ3n) is 3.04. The van der Waals surface area contributed by atoms with Crippen LogP contribution in [0.4, 0.5) is 0 Å². The molecule has 3 aromatic rings. The van der Waals surface area contributed by atoms with E-state index in [4.69, 9.17) is 57.7 Å². The van der Waals surface area contributed by atoms with E-state index in [0.29, 0.717) is 0 Å². The molecule has 0 unspecified atom stereocenters. The molecule has 3 rings (SSSR count). The van der Waals surface area contributed by atoms with Gasteiger partial charge in [0.1, 0.15) is 0 Å². The molecule has 0 aliphatic carbocycles. The van der Waals surface area contributed by atoms with Crippen LogP contribution in [-0.4, -0.2) is 44.0 Å². The number of benzene rings is 3. The second kappa shape index (κ2) is 15.4. The third kappa shape index (κ3) is 22.2. The molecule has 3 aromatic carbocycles. The lowest BCUT2D eigenvalue weighted by Crippen LogP contribution is -2.20. The molecule has 0 amide bonds. The zero-order chi connectivity index (χ0) is 26.4. The van der Waals surface area contributed by atoms with Crippen molar-refractivity contribution in [3.8, 4) is 0 Å². The summed E-state index contributed by atoms with van der Waals surface area (Å²) in [5.74, 6) is 0. The zero-order valence-electron chi connectivity index (χ0n) is 17.2. The zero-order valence-corrected chi connectivity index (χ0v) is 20.8. The number of rotatable bonds is 3. The van der Waals surface area contributed by atoms with Gasteiger partial charge in [0.2, 0.25) is 0 Å². The predicted octanol–water partition coefficient (Wildman–Crippen LogP) is 0.659. The first-order valence-electron chi connectivity index (χ1n) is 8.75. The molecule has 0 heterocycles. The van der Waals surface area contributed by atoms with E-state index in [-0.39, 0.29) is 0 Å². The fourth-order valence-corrected chi connectivity index (χ4v) is 4.48. The van der Waals surface area contributed by atoms with Crippen molar-refractivity contribution >= 4 is 47.3 Å². The van der Waals surface area contributed by atoms with Gasteiger partial charge in [-0.1, -0.05) is 91.0 Å². The Bertz CT molecular complexity index is 915. The van der Waals surface area contributed by atoms with Crippen molar-refractivity contribution in [2.24, 2.45) is 0 Å². The topological polar surface area (TPSA) is 233 Å². The molecule has 0 saturated heterocycles. The summed E-state index contributed by atoms with van der Waals surface area (Å²) in [7, 11) is -14.4. The average Bonchev–Trinajstić information content (AvgIpc) is 2.67. The van der Waals surface area contributed by atoms with E-state index in [1.54, 1.807) is 0 Å². The molecule has 0 radical (unpaired) electrons. The van der Waals surface area contributed by atoms with Gasteiger partial charge in [0, 0.05) is 0 Å². The van der Waals surface area contributed by atoms with Crippen LogP contribution in [0.15, 0.2) is 91.0 Å². The molecule has 0 fully saturated rings. The molecule has 0 saturated carbocycles. The van der Waals surface area contributed by atoms with Gasteiger partial charge in [-0.15, -0.1) is 0 Å². The summed E-state index contributed by atoms with van der Waals surface area (Å²) in [6.07, 6.45) is 0. The molecule has 188 valence electrons. The van der Waals surface area contributed by atoms with Crippen molar-refractivity contribution in [3.63, 3.8) is 0 Å². The highest BCUT2D eigenvalue weighted by molar-refractivity contribution is 7.79. The van der Waals surface area contributed by atoms with Gasteiger partial charge in [-0.2, -0.15) is 0 Å². The largest absolute Gasteiger partial charge is 0.466 e. The van der Waals surface area contributed by atoms with Gasteiger partial charge in [-0.3, -0.25) is 0 Å². The van der Waals surface area contributed by atoms with Crippen LogP contribution in [0.5, 0.6) is 0 Å². The van der Waals surface area contributed by atoms with E-state index in [1.165, 1.54) is 15.9 Å². The fourth-order valence-electron chi connectivity index (χ4n) is 2.18. The van der Waals surface area contributed by atoms with Crippen molar-refractivity contribution < 1.29 is 57.7 Å². The molecule has 9 N–H and O–H groups in total. The molecule has 0 atom stereocenters. The van der Waals surface area contributed by atoms with E-state index < -0.39 is 31.4 Å². The summed E-state index contributed by atoms with van der Waals surface area (Å²) < 4.78 is 26.6. The maximum atomic E-state index is 8.88. The van der Waals surface area contributed by atoms with Gasteiger partial charge in [0.05, 0.1) is 0 Å².